The van der Waals surface area contributed by atoms with Crippen molar-refractivity contribution in [3.8, 4) is 0 Å². The third-order valence-electron chi connectivity index (χ3n) is 2.27. The maximum atomic E-state index is 10.6. The molecular formula is C7H14O2Si. The molecule has 1 aliphatic rings. The van der Waals surface area contributed by atoms with Crippen molar-refractivity contribution in [3.05, 3.63) is 0 Å². The number of rotatable bonds is 2. The predicted molar refractivity (Wildman–Crippen MR) is 42.2 cm³/mol. The highest BCUT2D eigenvalue weighted by atomic mass is 28.4. The molecule has 10 heavy (non-hydrogen) atoms. The van der Waals surface area contributed by atoms with Gasteiger partial charge in [0, 0.05) is 6.92 Å². The second-order valence-electron chi connectivity index (χ2n) is 2.98. The molecule has 0 aromatic carbocycles. The minimum atomic E-state index is -1.43. The van der Waals surface area contributed by atoms with Crippen LogP contribution < -0.4 is 0 Å². The molecule has 0 spiro atoms. The van der Waals surface area contributed by atoms with Gasteiger partial charge in [-0.15, -0.1) is 0 Å². The smallest absolute Gasteiger partial charge is 0.289 e. The minimum Gasteiger partial charge on any atom is -0.519 e. The van der Waals surface area contributed by atoms with Crippen molar-refractivity contribution in [1.29, 1.82) is 0 Å². The van der Waals surface area contributed by atoms with E-state index in [0.717, 1.165) is 6.04 Å². The van der Waals surface area contributed by atoms with Crippen LogP contribution in [-0.2, 0) is 9.22 Å². The van der Waals surface area contributed by atoms with Crippen LogP contribution in [0.5, 0.6) is 0 Å². The lowest BCUT2D eigenvalue weighted by Crippen LogP contribution is -2.45. The molecule has 58 valence electrons. The van der Waals surface area contributed by atoms with Crippen LogP contribution in [0.2, 0.25) is 18.1 Å². The van der Waals surface area contributed by atoms with Crippen LogP contribution in [0.15, 0.2) is 0 Å². The molecule has 0 atom stereocenters. The monoisotopic (exact) mass is 158 g/mol. The Balaban J connectivity index is 2.40. The summed E-state index contributed by atoms with van der Waals surface area (Å²) in [6, 6.07) is 3.50. The molecule has 2 nitrogen and oxygen atoms in total. The van der Waals surface area contributed by atoms with E-state index in [9.17, 15) is 4.79 Å². The minimum absolute atomic E-state index is 0.0757. The average molecular weight is 158 g/mol. The van der Waals surface area contributed by atoms with E-state index in [1.165, 1.54) is 25.4 Å². The summed E-state index contributed by atoms with van der Waals surface area (Å²) in [5.41, 5.74) is 0. The van der Waals surface area contributed by atoms with E-state index in [0.29, 0.717) is 0 Å². The Morgan fingerprint density at radius 3 is 2.30 bits per heavy atom. The first-order valence-electron chi connectivity index (χ1n) is 3.88. The molecule has 1 heterocycles. The topological polar surface area (TPSA) is 26.3 Å². The third kappa shape index (κ3) is 1.40. The second kappa shape index (κ2) is 2.74. The first-order valence-corrected chi connectivity index (χ1v) is 6.41. The highest BCUT2D eigenvalue weighted by molar-refractivity contribution is 6.77. The molecule has 1 rings (SSSR count). The molecule has 0 amide bonds. The molecule has 1 fully saturated rings. The van der Waals surface area contributed by atoms with Gasteiger partial charge in [-0.1, -0.05) is 13.3 Å². The number of hydrogen-bond donors (Lipinski definition) is 0. The van der Waals surface area contributed by atoms with Crippen molar-refractivity contribution >= 4 is 14.3 Å². The Morgan fingerprint density at radius 1 is 1.60 bits per heavy atom. The summed E-state index contributed by atoms with van der Waals surface area (Å²) in [7, 11) is -1.43. The van der Waals surface area contributed by atoms with Crippen molar-refractivity contribution < 1.29 is 9.22 Å². The molecule has 0 saturated carbocycles. The highest BCUT2D eigenvalue weighted by Crippen LogP contribution is 2.36. The SMILES string of the molecule is CC[Si]1(OC(C)=O)CCC1. The van der Waals surface area contributed by atoms with Crippen LogP contribution >= 0.6 is 0 Å². The van der Waals surface area contributed by atoms with E-state index in [1.54, 1.807) is 0 Å². The van der Waals surface area contributed by atoms with Gasteiger partial charge >= 0.3 is 0 Å². The largest absolute Gasteiger partial charge is 0.519 e. The van der Waals surface area contributed by atoms with Crippen LogP contribution in [0.4, 0.5) is 0 Å². The van der Waals surface area contributed by atoms with E-state index < -0.39 is 8.32 Å². The van der Waals surface area contributed by atoms with Gasteiger partial charge in [0.05, 0.1) is 0 Å². The third-order valence-corrected chi connectivity index (χ3v) is 6.81. The van der Waals surface area contributed by atoms with Crippen LogP contribution in [0, 0.1) is 0 Å². The summed E-state index contributed by atoms with van der Waals surface area (Å²) in [5.74, 6) is -0.0757. The Bertz CT molecular complexity index is 135. The fraction of sp³-hybridized carbons (Fsp3) is 0.857. The summed E-state index contributed by atoms with van der Waals surface area (Å²) in [6.45, 7) is 3.65. The van der Waals surface area contributed by atoms with E-state index >= 15 is 0 Å². The molecule has 0 N–H and O–H groups in total. The molecule has 0 unspecified atom stereocenters. The second-order valence-corrected chi connectivity index (χ2v) is 7.26. The molecule has 0 radical (unpaired) electrons. The normalized spacial score (nSPS) is 21.4. The first-order chi connectivity index (χ1) is 4.68. The zero-order valence-corrected chi connectivity index (χ0v) is 7.64. The Hall–Kier alpha value is -0.313. The van der Waals surface area contributed by atoms with Gasteiger partial charge in [0.1, 0.15) is 0 Å². The summed E-state index contributed by atoms with van der Waals surface area (Å²) in [4.78, 5) is 10.6. The maximum absolute atomic E-state index is 10.6. The first kappa shape index (κ1) is 7.79. The van der Waals surface area contributed by atoms with Crippen molar-refractivity contribution in [2.24, 2.45) is 0 Å². The lowest BCUT2D eigenvalue weighted by molar-refractivity contribution is -0.133. The fourth-order valence-electron chi connectivity index (χ4n) is 1.40. The van der Waals surface area contributed by atoms with Crippen molar-refractivity contribution in [2.45, 2.75) is 38.4 Å². The van der Waals surface area contributed by atoms with E-state index in [4.69, 9.17) is 4.43 Å². The van der Waals surface area contributed by atoms with Gasteiger partial charge in [-0.05, 0) is 18.1 Å². The van der Waals surface area contributed by atoms with Crippen molar-refractivity contribution in [2.75, 3.05) is 0 Å². The van der Waals surface area contributed by atoms with Crippen LogP contribution in [0.3, 0.4) is 0 Å². The van der Waals surface area contributed by atoms with Gasteiger partial charge in [0.2, 0.25) is 0 Å². The maximum Gasteiger partial charge on any atom is 0.289 e. The number of carbonyl (C=O) groups excluding carboxylic acids is 1. The fourth-order valence-corrected chi connectivity index (χ4v) is 4.21. The average Bonchev–Trinajstić information content (AvgIpc) is 1.78. The lowest BCUT2D eigenvalue weighted by Gasteiger charge is -2.36. The summed E-state index contributed by atoms with van der Waals surface area (Å²) in [6.07, 6.45) is 1.27. The van der Waals surface area contributed by atoms with Gasteiger partial charge < -0.3 is 4.43 Å². The van der Waals surface area contributed by atoms with Crippen LogP contribution in [0.1, 0.15) is 20.3 Å². The molecule has 3 heteroatoms. The highest BCUT2D eigenvalue weighted by Gasteiger charge is 2.42. The van der Waals surface area contributed by atoms with Gasteiger partial charge in [-0.25, -0.2) is 0 Å². The van der Waals surface area contributed by atoms with Crippen LogP contribution in [0.25, 0.3) is 0 Å². The van der Waals surface area contributed by atoms with E-state index in [-0.39, 0.29) is 5.97 Å². The lowest BCUT2D eigenvalue weighted by atomic mass is 10.5. The zero-order chi connectivity index (χ0) is 7.61. The summed E-state index contributed by atoms with van der Waals surface area (Å²) >= 11 is 0. The quantitative estimate of drug-likeness (QED) is 0.574. The molecule has 0 aromatic heterocycles. The Labute approximate surface area is 62.7 Å². The molecule has 0 bridgehead atoms. The van der Waals surface area contributed by atoms with Crippen LogP contribution in [-0.4, -0.2) is 14.3 Å². The Kier molecular flexibility index (Phi) is 2.13. The van der Waals surface area contributed by atoms with Crippen molar-refractivity contribution in [3.63, 3.8) is 0 Å². The predicted octanol–water partition coefficient (Wildman–Crippen LogP) is 1.92. The van der Waals surface area contributed by atoms with Crippen molar-refractivity contribution in [1.82, 2.24) is 0 Å². The molecule has 0 aromatic rings. The van der Waals surface area contributed by atoms with Gasteiger partial charge in [0.15, 0.2) is 0 Å². The number of carbonyl (C=O) groups is 1. The molecular weight excluding hydrogens is 144 g/mol. The standard InChI is InChI=1S/C7H14O2Si/c1-3-10(5-4-6-10)9-7(2)8/h3-6H2,1-2H3. The van der Waals surface area contributed by atoms with E-state index in [2.05, 4.69) is 6.92 Å². The van der Waals surface area contributed by atoms with E-state index in [1.807, 2.05) is 0 Å². The summed E-state index contributed by atoms with van der Waals surface area (Å²) < 4.78 is 5.32. The van der Waals surface area contributed by atoms with Gasteiger partial charge in [0.25, 0.3) is 14.3 Å². The summed E-state index contributed by atoms with van der Waals surface area (Å²) in [5, 5.41) is 0. The number of hydrogen-bond acceptors (Lipinski definition) is 2. The molecule has 1 aliphatic heterocycles. The van der Waals surface area contributed by atoms with Gasteiger partial charge in [-0.3, -0.25) is 4.79 Å². The van der Waals surface area contributed by atoms with Gasteiger partial charge in [-0.2, -0.15) is 0 Å². The zero-order valence-electron chi connectivity index (χ0n) is 6.64. The molecule has 0 aliphatic carbocycles. The Morgan fingerprint density at radius 2 is 2.20 bits per heavy atom. The molecule has 1 saturated heterocycles.